The highest BCUT2D eigenvalue weighted by atomic mass is 32.2. The van der Waals surface area contributed by atoms with Gasteiger partial charge in [0, 0.05) is 23.8 Å². The second kappa shape index (κ2) is 8.50. The maximum Gasteiger partial charge on any atom is 0.134 e. The van der Waals surface area contributed by atoms with Crippen molar-refractivity contribution in [1.82, 2.24) is 9.97 Å². The van der Waals surface area contributed by atoms with E-state index in [0.717, 1.165) is 41.3 Å². The number of nitrogens with one attached hydrogen (secondary N) is 1. The number of aromatic nitrogens is 2. The van der Waals surface area contributed by atoms with Gasteiger partial charge in [-0.3, -0.25) is 0 Å². The van der Waals surface area contributed by atoms with Gasteiger partial charge < -0.3 is 5.32 Å². The van der Waals surface area contributed by atoms with Gasteiger partial charge in [-0.1, -0.05) is 41.0 Å². The van der Waals surface area contributed by atoms with Gasteiger partial charge in [-0.15, -0.1) is 11.8 Å². The van der Waals surface area contributed by atoms with Crippen LogP contribution in [0.15, 0.2) is 5.03 Å². The fourth-order valence-electron chi connectivity index (χ4n) is 1.67. The van der Waals surface area contributed by atoms with E-state index < -0.39 is 0 Å². The van der Waals surface area contributed by atoms with Gasteiger partial charge in [-0.05, 0) is 19.3 Å². The molecule has 0 aliphatic carbocycles. The Morgan fingerprint density at radius 3 is 2.40 bits per heavy atom. The van der Waals surface area contributed by atoms with E-state index >= 15 is 0 Å². The van der Waals surface area contributed by atoms with E-state index in [1.165, 1.54) is 12.0 Å². The van der Waals surface area contributed by atoms with Crippen LogP contribution in [0, 0.1) is 12.8 Å². The Hall–Kier alpha value is -0.770. The minimum atomic E-state index is 0.362. The lowest BCUT2D eigenvalue weighted by Gasteiger charge is -2.16. The van der Waals surface area contributed by atoms with Crippen LogP contribution in [0.4, 0.5) is 5.82 Å². The lowest BCUT2D eigenvalue weighted by Crippen LogP contribution is -2.10. The van der Waals surface area contributed by atoms with Crippen LogP contribution in [0.2, 0.25) is 0 Å². The highest BCUT2D eigenvalue weighted by Crippen LogP contribution is 2.28. The summed E-state index contributed by atoms with van der Waals surface area (Å²) in [5, 5.41) is 4.58. The molecule has 20 heavy (non-hydrogen) atoms. The monoisotopic (exact) mass is 295 g/mol. The Morgan fingerprint density at radius 1 is 1.15 bits per heavy atom. The predicted octanol–water partition coefficient (Wildman–Crippen LogP) is 4.87. The molecule has 0 amide bonds. The lowest BCUT2D eigenvalue weighted by molar-refractivity contribution is 0.636. The molecule has 3 nitrogen and oxygen atoms in total. The average Bonchev–Trinajstić information content (AvgIpc) is 2.44. The van der Waals surface area contributed by atoms with Gasteiger partial charge in [-0.2, -0.15) is 0 Å². The molecule has 1 aromatic heterocycles. The topological polar surface area (TPSA) is 37.8 Å². The Kier molecular flexibility index (Phi) is 7.35. The molecule has 1 N–H and O–H groups in total. The normalized spacial score (nSPS) is 12.8. The van der Waals surface area contributed by atoms with Crippen molar-refractivity contribution < 1.29 is 0 Å². The molecular formula is C16H29N3S. The number of hydrogen-bond donors (Lipinski definition) is 1. The first-order chi connectivity index (χ1) is 9.49. The molecule has 0 aliphatic rings. The standard InChI is InChI=1S/C16H29N3S/c1-7-9-17-15-13(6)16(20-10-12(5)8-2)19-14(18-15)11(3)4/h11-12H,7-10H2,1-6H3,(H,17,18,19). The molecule has 114 valence electrons. The third-order valence-electron chi connectivity index (χ3n) is 3.38. The van der Waals surface area contributed by atoms with Crippen molar-refractivity contribution in [1.29, 1.82) is 0 Å². The maximum absolute atomic E-state index is 4.76. The molecule has 4 heteroatoms. The molecule has 0 saturated heterocycles. The SMILES string of the molecule is CCCNc1nc(C(C)C)nc(SCC(C)CC)c1C. The molecule has 1 rings (SSSR count). The van der Waals surface area contributed by atoms with Crippen molar-refractivity contribution in [3.05, 3.63) is 11.4 Å². The number of rotatable bonds is 8. The summed E-state index contributed by atoms with van der Waals surface area (Å²) in [5.41, 5.74) is 1.19. The molecule has 1 aromatic rings. The van der Waals surface area contributed by atoms with E-state index in [-0.39, 0.29) is 0 Å². The van der Waals surface area contributed by atoms with E-state index in [2.05, 4.69) is 51.8 Å². The third kappa shape index (κ3) is 4.97. The van der Waals surface area contributed by atoms with E-state index in [4.69, 9.17) is 4.98 Å². The van der Waals surface area contributed by atoms with E-state index in [1.54, 1.807) is 0 Å². The van der Waals surface area contributed by atoms with Gasteiger partial charge in [0.15, 0.2) is 0 Å². The van der Waals surface area contributed by atoms with Crippen molar-refractivity contribution in [2.45, 2.75) is 65.3 Å². The highest BCUT2D eigenvalue weighted by molar-refractivity contribution is 7.99. The van der Waals surface area contributed by atoms with Gasteiger partial charge in [-0.25, -0.2) is 9.97 Å². The van der Waals surface area contributed by atoms with E-state index in [1.807, 2.05) is 11.8 Å². The van der Waals surface area contributed by atoms with Crippen LogP contribution in [0.1, 0.15) is 64.8 Å². The zero-order chi connectivity index (χ0) is 15.1. The first-order valence-electron chi connectivity index (χ1n) is 7.74. The molecule has 1 atom stereocenters. The Bertz CT molecular complexity index is 418. The minimum Gasteiger partial charge on any atom is -0.370 e. The second-order valence-corrected chi connectivity index (χ2v) is 6.78. The molecule has 0 saturated carbocycles. The van der Waals surface area contributed by atoms with Crippen LogP contribution in [0.25, 0.3) is 0 Å². The minimum absolute atomic E-state index is 0.362. The quantitative estimate of drug-likeness (QED) is 0.548. The molecule has 1 heterocycles. The number of anilines is 1. The average molecular weight is 295 g/mol. The van der Waals surface area contributed by atoms with Crippen LogP contribution in [-0.4, -0.2) is 22.3 Å². The summed E-state index contributed by atoms with van der Waals surface area (Å²) in [5.74, 6) is 4.17. The van der Waals surface area contributed by atoms with Crippen molar-refractivity contribution in [3.8, 4) is 0 Å². The Labute approximate surface area is 128 Å². The third-order valence-corrected chi connectivity index (χ3v) is 4.79. The smallest absolute Gasteiger partial charge is 0.134 e. The van der Waals surface area contributed by atoms with Crippen molar-refractivity contribution in [2.24, 2.45) is 5.92 Å². The zero-order valence-electron chi connectivity index (χ0n) is 13.8. The lowest BCUT2D eigenvalue weighted by atomic mass is 10.2. The van der Waals surface area contributed by atoms with Crippen LogP contribution < -0.4 is 5.32 Å². The molecule has 0 aliphatic heterocycles. The summed E-state index contributed by atoms with van der Waals surface area (Å²) in [6.07, 6.45) is 2.32. The van der Waals surface area contributed by atoms with E-state index in [9.17, 15) is 0 Å². The highest BCUT2D eigenvalue weighted by Gasteiger charge is 2.14. The van der Waals surface area contributed by atoms with Gasteiger partial charge in [0.1, 0.15) is 16.7 Å². The number of nitrogens with zero attached hydrogens (tertiary/aromatic N) is 2. The van der Waals surface area contributed by atoms with Crippen LogP contribution in [0.5, 0.6) is 0 Å². The predicted molar refractivity (Wildman–Crippen MR) is 89.8 cm³/mol. The molecule has 1 unspecified atom stereocenters. The van der Waals surface area contributed by atoms with E-state index in [0.29, 0.717) is 5.92 Å². The van der Waals surface area contributed by atoms with Crippen molar-refractivity contribution >= 4 is 17.6 Å². The number of hydrogen-bond acceptors (Lipinski definition) is 4. The Balaban J connectivity index is 2.98. The van der Waals surface area contributed by atoms with Crippen molar-refractivity contribution in [3.63, 3.8) is 0 Å². The summed E-state index contributed by atoms with van der Waals surface area (Å²) >= 11 is 1.87. The van der Waals surface area contributed by atoms with Crippen LogP contribution >= 0.6 is 11.8 Å². The van der Waals surface area contributed by atoms with Gasteiger partial charge >= 0.3 is 0 Å². The molecular weight excluding hydrogens is 266 g/mol. The zero-order valence-corrected chi connectivity index (χ0v) is 14.6. The van der Waals surface area contributed by atoms with Crippen LogP contribution in [-0.2, 0) is 0 Å². The Morgan fingerprint density at radius 2 is 1.85 bits per heavy atom. The maximum atomic E-state index is 4.76. The molecule has 0 bridgehead atoms. The molecule has 0 spiro atoms. The summed E-state index contributed by atoms with van der Waals surface area (Å²) < 4.78 is 0. The van der Waals surface area contributed by atoms with Gasteiger partial charge in [0.25, 0.3) is 0 Å². The fraction of sp³-hybridized carbons (Fsp3) is 0.750. The summed E-state index contributed by atoms with van der Waals surface area (Å²) in [4.78, 5) is 9.44. The van der Waals surface area contributed by atoms with Crippen molar-refractivity contribution in [2.75, 3.05) is 17.6 Å². The van der Waals surface area contributed by atoms with Gasteiger partial charge in [0.2, 0.25) is 0 Å². The first-order valence-corrected chi connectivity index (χ1v) is 8.73. The molecule has 0 aromatic carbocycles. The number of thioether (sulfide) groups is 1. The van der Waals surface area contributed by atoms with Gasteiger partial charge in [0.05, 0.1) is 0 Å². The summed E-state index contributed by atoms with van der Waals surface area (Å²) in [6.45, 7) is 14.1. The molecule has 0 radical (unpaired) electrons. The fourth-order valence-corrected chi connectivity index (χ4v) is 2.82. The van der Waals surface area contributed by atoms with Crippen LogP contribution in [0.3, 0.4) is 0 Å². The second-order valence-electron chi connectivity index (χ2n) is 5.77. The summed E-state index contributed by atoms with van der Waals surface area (Å²) in [6, 6.07) is 0. The summed E-state index contributed by atoms with van der Waals surface area (Å²) in [7, 11) is 0. The largest absolute Gasteiger partial charge is 0.370 e. The molecule has 0 fully saturated rings. The first kappa shape index (κ1) is 17.3.